The lowest BCUT2D eigenvalue weighted by atomic mass is 10.1. The highest BCUT2D eigenvalue weighted by Crippen LogP contribution is 2.38. The summed E-state index contributed by atoms with van der Waals surface area (Å²) in [4.78, 5) is 6.80. The molecule has 0 aliphatic carbocycles. The van der Waals surface area contributed by atoms with E-state index in [1.807, 2.05) is 0 Å². The number of phenols is 1. The monoisotopic (exact) mass is 283 g/mol. The summed E-state index contributed by atoms with van der Waals surface area (Å²) in [7, 11) is 1.49. The molecule has 5 nitrogen and oxygen atoms in total. The topological polar surface area (TPSA) is 84.2 Å². The normalized spacial score (nSPS) is 10.4. The molecule has 1 aromatic carbocycles. The van der Waals surface area contributed by atoms with Gasteiger partial charge in [0.2, 0.25) is 0 Å². The largest absolute Gasteiger partial charge is 0.503 e. The van der Waals surface area contributed by atoms with E-state index >= 15 is 0 Å². The van der Waals surface area contributed by atoms with Crippen LogP contribution in [0.1, 0.15) is 0 Å². The number of nitrogens with two attached hydrogens (primary N) is 1. The van der Waals surface area contributed by atoms with Crippen LogP contribution >= 0.6 is 15.9 Å². The van der Waals surface area contributed by atoms with E-state index < -0.39 is 0 Å². The number of aromatic amines is 1. The Labute approximate surface area is 100 Å². The fraction of sp³-hybridized carbons (Fsp3) is 0.100. The number of nitrogen functional groups attached to an aromatic ring is 1. The van der Waals surface area contributed by atoms with Crippen LogP contribution in [0.15, 0.2) is 22.8 Å². The highest BCUT2D eigenvalue weighted by atomic mass is 79.9. The maximum atomic E-state index is 9.65. The Morgan fingerprint density at radius 2 is 2.25 bits per heavy atom. The highest BCUT2D eigenvalue weighted by molar-refractivity contribution is 9.10. The second-order valence-electron chi connectivity index (χ2n) is 3.19. The number of anilines is 1. The molecule has 0 amide bonds. The number of nitrogens with zero attached hydrogens (tertiary/aromatic N) is 1. The minimum absolute atomic E-state index is 0.0683. The first-order valence-corrected chi connectivity index (χ1v) is 5.28. The Bertz CT molecular complexity index is 525. The van der Waals surface area contributed by atoms with Crippen molar-refractivity contribution in [1.29, 1.82) is 0 Å². The lowest BCUT2D eigenvalue weighted by molar-refractivity contribution is 0.372. The predicted octanol–water partition coefficient (Wildman–Crippen LogP) is 2.14. The number of halogens is 1. The summed E-state index contributed by atoms with van der Waals surface area (Å²) in [6, 6.07) is 3.46. The quantitative estimate of drug-likeness (QED) is 0.788. The molecule has 0 atom stereocenters. The number of hydrogen-bond acceptors (Lipinski definition) is 4. The van der Waals surface area contributed by atoms with Gasteiger partial charge in [-0.25, -0.2) is 4.98 Å². The van der Waals surface area contributed by atoms with Crippen molar-refractivity contribution in [2.45, 2.75) is 0 Å². The van der Waals surface area contributed by atoms with Crippen molar-refractivity contribution in [2.75, 3.05) is 12.8 Å². The number of hydrogen-bond donors (Lipinski definition) is 3. The van der Waals surface area contributed by atoms with E-state index in [1.165, 1.54) is 7.11 Å². The molecule has 0 bridgehead atoms. The number of nitrogens with one attached hydrogen (secondary N) is 1. The lowest BCUT2D eigenvalue weighted by Crippen LogP contribution is -1.88. The van der Waals surface area contributed by atoms with E-state index in [2.05, 4.69) is 25.9 Å². The van der Waals surface area contributed by atoms with Gasteiger partial charge in [0.1, 0.15) is 0 Å². The third-order valence-corrected chi connectivity index (χ3v) is 2.76. The summed E-state index contributed by atoms with van der Waals surface area (Å²) in [5, 5.41) is 9.65. The minimum Gasteiger partial charge on any atom is -0.503 e. The zero-order valence-corrected chi connectivity index (χ0v) is 10.1. The van der Waals surface area contributed by atoms with E-state index in [9.17, 15) is 5.11 Å². The van der Waals surface area contributed by atoms with Crippen molar-refractivity contribution in [3.63, 3.8) is 0 Å². The molecule has 2 aromatic rings. The Morgan fingerprint density at radius 1 is 1.50 bits per heavy atom. The molecule has 0 aliphatic rings. The number of phenolic OH excluding ortho intramolecular Hbond substituents is 1. The van der Waals surface area contributed by atoms with Gasteiger partial charge in [0.25, 0.3) is 0 Å². The summed E-state index contributed by atoms with van der Waals surface area (Å²) in [6.07, 6.45) is 1.62. The van der Waals surface area contributed by atoms with Gasteiger partial charge in [0.15, 0.2) is 17.4 Å². The first-order valence-electron chi connectivity index (χ1n) is 4.49. The zero-order chi connectivity index (χ0) is 11.7. The van der Waals surface area contributed by atoms with Gasteiger partial charge in [0.05, 0.1) is 23.5 Å². The molecule has 0 unspecified atom stereocenters. The molecule has 0 aliphatic heterocycles. The van der Waals surface area contributed by atoms with Gasteiger partial charge in [0, 0.05) is 5.56 Å². The van der Waals surface area contributed by atoms with Gasteiger partial charge in [-0.1, -0.05) is 0 Å². The van der Waals surface area contributed by atoms with Gasteiger partial charge >= 0.3 is 0 Å². The van der Waals surface area contributed by atoms with Crippen LogP contribution in [0.4, 0.5) is 5.95 Å². The van der Waals surface area contributed by atoms with Crippen molar-refractivity contribution >= 4 is 21.9 Å². The molecule has 6 heteroatoms. The minimum atomic E-state index is 0.0683. The van der Waals surface area contributed by atoms with Crippen molar-refractivity contribution in [3.8, 4) is 22.8 Å². The summed E-state index contributed by atoms with van der Waals surface area (Å²) >= 11 is 3.25. The Balaban J connectivity index is 2.54. The first kappa shape index (κ1) is 10.8. The van der Waals surface area contributed by atoms with Crippen LogP contribution in [0.3, 0.4) is 0 Å². The van der Waals surface area contributed by atoms with Gasteiger partial charge in [-0.15, -0.1) is 0 Å². The summed E-state index contributed by atoms with van der Waals surface area (Å²) in [5.74, 6) is 0.800. The molecule has 0 radical (unpaired) electrons. The molecule has 84 valence electrons. The molecular weight excluding hydrogens is 274 g/mol. The van der Waals surface area contributed by atoms with Crippen LogP contribution < -0.4 is 10.5 Å². The molecule has 0 spiro atoms. The Hall–Kier alpha value is -1.69. The fourth-order valence-electron chi connectivity index (χ4n) is 1.37. The first-order chi connectivity index (χ1) is 7.61. The third kappa shape index (κ3) is 1.83. The van der Waals surface area contributed by atoms with Crippen molar-refractivity contribution < 1.29 is 9.84 Å². The summed E-state index contributed by atoms with van der Waals surface area (Å²) < 4.78 is 5.60. The molecule has 1 aromatic heterocycles. The number of methoxy groups -OCH3 is 1. The number of rotatable bonds is 2. The second-order valence-corrected chi connectivity index (χ2v) is 4.05. The number of benzene rings is 1. The lowest BCUT2D eigenvalue weighted by Gasteiger charge is -2.07. The SMILES string of the molecule is COc1cc(-c2cnc(N)[nH]2)cc(Br)c1O. The second kappa shape index (κ2) is 4.05. The standard InChI is InChI=1S/C10H10BrN3O2/c1-16-8-3-5(2-6(11)9(8)15)7-4-13-10(12)14-7/h2-4,15H,1H3,(H3,12,13,14). The van der Waals surface area contributed by atoms with Gasteiger partial charge in [-0.05, 0) is 28.1 Å². The van der Waals surface area contributed by atoms with Crippen molar-refractivity contribution in [3.05, 3.63) is 22.8 Å². The number of ether oxygens (including phenoxy) is 1. The molecule has 0 fully saturated rings. The van der Waals surface area contributed by atoms with E-state index in [4.69, 9.17) is 10.5 Å². The van der Waals surface area contributed by atoms with Crippen molar-refractivity contribution in [2.24, 2.45) is 0 Å². The van der Waals surface area contributed by atoms with Crippen LogP contribution in [0, 0.1) is 0 Å². The summed E-state index contributed by atoms with van der Waals surface area (Å²) in [5.41, 5.74) is 7.08. The molecule has 2 rings (SSSR count). The van der Waals surface area contributed by atoms with Crippen LogP contribution in [0.25, 0.3) is 11.3 Å². The van der Waals surface area contributed by atoms with Gasteiger partial charge in [-0.3, -0.25) is 0 Å². The zero-order valence-electron chi connectivity index (χ0n) is 8.49. The highest BCUT2D eigenvalue weighted by Gasteiger charge is 2.10. The van der Waals surface area contributed by atoms with E-state index in [0.29, 0.717) is 16.2 Å². The maximum Gasteiger partial charge on any atom is 0.197 e. The van der Waals surface area contributed by atoms with E-state index in [-0.39, 0.29) is 5.75 Å². The Kier molecular flexibility index (Phi) is 2.74. The molecule has 4 N–H and O–H groups in total. The average Bonchev–Trinajstić information content (AvgIpc) is 2.69. The van der Waals surface area contributed by atoms with E-state index in [0.717, 1.165) is 11.3 Å². The predicted molar refractivity (Wildman–Crippen MR) is 64.4 cm³/mol. The molecule has 16 heavy (non-hydrogen) atoms. The van der Waals surface area contributed by atoms with Crippen LogP contribution in [-0.4, -0.2) is 22.2 Å². The molecule has 0 saturated carbocycles. The van der Waals surface area contributed by atoms with Crippen LogP contribution in [0.5, 0.6) is 11.5 Å². The number of imidazole rings is 1. The van der Waals surface area contributed by atoms with E-state index in [1.54, 1.807) is 18.3 Å². The third-order valence-electron chi connectivity index (χ3n) is 2.15. The fourth-order valence-corrected chi connectivity index (χ4v) is 1.81. The van der Waals surface area contributed by atoms with Crippen LogP contribution in [-0.2, 0) is 0 Å². The van der Waals surface area contributed by atoms with Gasteiger partial charge in [-0.2, -0.15) is 0 Å². The number of aromatic hydroxyl groups is 1. The molecule has 0 saturated heterocycles. The van der Waals surface area contributed by atoms with Gasteiger partial charge < -0.3 is 20.6 Å². The maximum absolute atomic E-state index is 9.65. The molecular formula is C10H10BrN3O2. The number of aromatic nitrogens is 2. The average molecular weight is 284 g/mol. The number of H-pyrrole nitrogens is 1. The Morgan fingerprint density at radius 3 is 2.81 bits per heavy atom. The van der Waals surface area contributed by atoms with Crippen molar-refractivity contribution in [1.82, 2.24) is 9.97 Å². The van der Waals surface area contributed by atoms with Crippen LogP contribution in [0.2, 0.25) is 0 Å². The molecule has 1 heterocycles. The summed E-state index contributed by atoms with van der Waals surface area (Å²) in [6.45, 7) is 0. The smallest absolute Gasteiger partial charge is 0.197 e.